The molecule has 0 bridgehead atoms. The van der Waals surface area contributed by atoms with Crippen LogP contribution in [0.25, 0.3) is 0 Å². The lowest BCUT2D eigenvalue weighted by Gasteiger charge is -2.10. The van der Waals surface area contributed by atoms with Crippen LogP contribution in [0.1, 0.15) is 5.82 Å². The highest BCUT2D eigenvalue weighted by molar-refractivity contribution is 5.21. The molecule has 4 heteroatoms. The van der Waals surface area contributed by atoms with E-state index in [1.807, 2.05) is 71.4 Å². The van der Waals surface area contributed by atoms with E-state index in [0.29, 0.717) is 13.2 Å². The fraction of sp³-hybridized carbons (Fsp3) is 0.167. The van der Waals surface area contributed by atoms with Crippen molar-refractivity contribution in [2.24, 2.45) is 0 Å². The van der Waals surface area contributed by atoms with Crippen molar-refractivity contribution >= 4 is 0 Å². The van der Waals surface area contributed by atoms with Gasteiger partial charge in [0, 0.05) is 12.4 Å². The average molecular weight is 294 g/mol. The molecule has 0 saturated heterocycles. The smallest absolute Gasteiger partial charge is 0.146 e. The van der Waals surface area contributed by atoms with Gasteiger partial charge in [-0.15, -0.1) is 0 Å². The van der Waals surface area contributed by atoms with E-state index < -0.39 is 0 Å². The molecule has 0 unspecified atom stereocenters. The van der Waals surface area contributed by atoms with Gasteiger partial charge in [0.1, 0.15) is 30.5 Å². The number of hydrogen-bond donors (Lipinski definition) is 0. The highest BCUT2D eigenvalue weighted by Crippen LogP contribution is 2.11. The zero-order valence-electron chi connectivity index (χ0n) is 12.3. The maximum Gasteiger partial charge on any atom is 0.146 e. The highest BCUT2D eigenvalue weighted by Gasteiger charge is 2.04. The van der Waals surface area contributed by atoms with E-state index in [2.05, 4.69) is 4.98 Å². The first kappa shape index (κ1) is 14.2. The summed E-state index contributed by atoms with van der Waals surface area (Å²) in [5.41, 5.74) is 0. The van der Waals surface area contributed by atoms with Gasteiger partial charge in [0.2, 0.25) is 0 Å². The summed E-state index contributed by atoms with van der Waals surface area (Å²) >= 11 is 0. The predicted molar refractivity (Wildman–Crippen MR) is 84.9 cm³/mol. The lowest BCUT2D eigenvalue weighted by atomic mass is 10.3. The summed E-state index contributed by atoms with van der Waals surface area (Å²) in [4.78, 5) is 4.34. The molecule has 0 amide bonds. The van der Waals surface area contributed by atoms with Gasteiger partial charge in [-0.3, -0.25) is 0 Å². The van der Waals surface area contributed by atoms with E-state index in [1.165, 1.54) is 0 Å². The summed E-state index contributed by atoms with van der Waals surface area (Å²) in [6.07, 6.45) is 3.73. The number of benzene rings is 2. The van der Waals surface area contributed by atoms with E-state index in [9.17, 15) is 0 Å². The first-order chi connectivity index (χ1) is 10.9. The third kappa shape index (κ3) is 3.88. The minimum atomic E-state index is 0.447. The SMILES string of the molecule is c1ccc(OCCn2ccnc2COc2ccccc2)cc1. The van der Waals surface area contributed by atoms with Gasteiger partial charge in [-0.2, -0.15) is 0 Å². The quantitative estimate of drug-likeness (QED) is 0.668. The Labute approximate surface area is 130 Å². The molecular weight excluding hydrogens is 276 g/mol. The topological polar surface area (TPSA) is 36.3 Å². The summed E-state index contributed by atoms with van der Waals surface area (Å²) in [6.45, 7) is 1.78. The van der Waals surface area contributed by atoms with Gasteiger partial charge in [0.25, 0.3) is 0 Å². The molecule has 0 radical (unpaired) electrons. The molecule has 0 saturated carbocycles. The van der Waals surface area contributed by atoms with Gasteiger partial charge in [-0.05, 0) is 24.3 Å². The van der Waals surface area contributed by atoms with E-state index in [-0.39, 0.29) is 0 Å². The van der Waals surface area contributed by atoms with Crippen LogP contribution in [0.15, 0.2) is 73.1 Å². The first-order valence-corrected chi connectivity index (χ1v) is 7.27. The Morgan fingerprint density at radius 2 is 1.45 bits per heavy atom. The molecule has 1 heterocycles. The molecule has 0 N–H and O–H groups in total. The lowest BCUT2D eigenvalue weighted by molar-refractivity contribution is 0.270. The maximum absolute atomic E-state index is 5.73. The predicted octanol–water partition coefficient (Wildman–Crippen LogP) is 3.54. The van der Waals surface area contributed by atoms with Gasteiger partial charge in [0.05, 0.1) is 6.54 Å². The lowest BCUT2D eigenvalue weighted by Crippen LogP contribution is -2.12. The van der Waals surface area contributed by atoms with Crippen molar-refractivity contribution in [3.05, 3.63) is 78.9 Å². The molecule has 3 aromatic rings. The maximum atomic E-state index is 5.73. The number of aromatic nitrogens is 2. The summed E-state index contributed by atoms with van der Waals surface area (Å²) in [5.74, 6) is 2.61. The van der Waals surface area contributed by atoms with Crippen LogP contribution in [-0.4, -0.2) is 16.2 Å². The van der Waals surface area contributed by atoms with Crippen LogP contribution >= 0.6 is 0 Å². The number of rotatable bonds is 7. The van der Waals surface area contributed by atoms with Gasteiger partial charge in [-0.1, -0.05) is 36.4 Å². The Morgan fingerprint density at radius 3 is 2.14 bits per heavy atom. The third-order valence-corrected chi connectivity index (χ3v) is 3.26. The van der Waals surface area contributed by atoms with E-state index >= 15 is 0 Å². The number of nitrogens with zero attached hydrogens (tertiary/aromatic N) is 2. The first-order valence-electron chi connectivity index (χ1n) is 7.27. The second kappa shape index (κ2) is 7.31. The fourth-order valence-corrected chi connectivity index (χ4v) is 2.13. The van der Waals surface area contributed by atoms with Crippen molar-refractivity contribution in [2.45, 2.75) is 13.2 Å². The van der Waals surface area contributed by atoms with Crippen LogP contribution in [0.5, 0.6) is 11.5 Å². The zero-order chi connectivity index (χ0) is 15.0. The number of ether oxygens (including phenoxy) is 2. The van der Waals surface area contributed by atoms with E-state index in [4.69, 9.17) is 9.47 Å². The van der Waals surface area contributed by atoms with Crippen molar-refractivity contribution in [3.63, 3.8) is 0 Å². The molecule has 22 heavy (non-hydrogen) atoms. The fourth-order valence-electron chi connectivity index (χ4n) is 2.13. The Morgan fingerprint density at radius 1 is 0.818 bits per heavy atom. The highest BCUT2D eigenvalue weighted by atomic mass is 16.5. The number of hydrogen-bond acceptors (Lipinski definition) is 3. The molecule has 0 aliphatic heterocycles. The number of para-hydroxylation sites is 2. The summed E-state index contributed by atoms with van der Waals surface area (Å²) < 4.78 is 13.5. The molecule has 0 atom stereocenters. The Kier molecular flexibility index (Phi) is 4.72. The summed E-state index contributed by atoms with van der Waals surface area (Å²) in [6, 6.07) is 19.6. The summed E-state index contributed by atoms with van der Waals surface area (Å²) in [7, 11) is 0. The van der Waals surface area contributed by atoms with E-state index in [1.54, 1.807) is 6.20 Å². The molecule has 0 fully saturated rings. The molecular formula is C18H18N2O2. The molecule has 112 valence electrons. The zero-order valence-corrected chi connectivity index (χ0v) is 12.3. The van der Waals surface area contributed by atoms with Crippen LogP contribution in [0.2, 0.25) is 0 Å². The molecule has 0 aliphatic rings. The monoisotopic (exact) mass is 294 g/mol. The minimum Gasteiger partial charge on any atom is -0.492 e. The molecule has 4 nitrogen and oxygen atoms in total. The standard InChI is InChI=1S/C18H18N2O2/c1-3-7-16(8-4-1)21-14-13-20-12-11-19-18(20)15-22-17-9-5-2-6-10-17/h1-12H,13-15H2. The van der Waals surface area contributed by atoms with Gasteiger partial charge in [0.15, 0.2) is 0 Å². The summed E-state index contributed by atoms with van der Waals surface area (Å²) in [5, 5.41) is 0. The molecule has 0 aliphatic carbocycles. The van der Waals surface area contributed by atoms with Crippen LogP contribution < -0.4 is 9.47 Å². The van der Waals surface area contributed by atoms with Gasteiger partial charge in [-0.25, -0.2) is 4.98 Å². The van der Waals surface area contributed by atoms with Crippen LogP contribution in [-0.2, 0) is 13.2 Å². The van der Waals surface area contributed by atoms with Crippen molar-refractivity contribution in [1.29, 1.82) is 0 Å². The van der Waals surface area contributed by atoms with E-state index in [0.717, 1.165) is 23.9 Å². The van der Waals surface area contributed by atoms with Gasteiger partial charge >= 0.3 is 0 Å². The Bertz CT molecular complexity index is 681. The Hall–Kier alpha value is -2.75. The molecule has 0 spiro atoms. The van der Waals surface area contributed by atoms with Gasteiger partial charge < -0.3 is 14.0 Å². The van der Waals surface area contributed by atoms with Crippen LogP contribution in [0.4, 0.5) is 0 Å². The molecule has 1 aromatic heterocycles. The second-order valence-electron chi connectivity index (χ2n) is 4.80. The van der Waals surface area contributed by atoms with Crippen molar-refractivity contribution in [1.82, 2.24) is 9.55 Å². The second-order valence-corrected chi connectivity index (χ2v) is 4.80. The largest absolute Gasteiger partial charge is 0.492 e. The number of imidazole rings is 1. The normalized spacial score (nSPS) is 10.4. The van der Waals surface area contributed by atoms with Crippen molar-refractivity contribution < 1.29 is 9.47 Å². The third-order valence-electron chi connectivity index (χ3n) is 3.26. The van der Waals surface area contributed by atoms with Crippen molar-refractivity contribution in [2.75, 3.05) is 6.61 Å². The van der Waals surface area contributed by atoms with Crippen LogP contribution in [0, 0.1) is 0 Å². The molecule has 2 aromatic carbocycles. The average Bonchev–Trinajstić information content (AvgIpc) is 3.02. The van der Waals surface area contributed by atoms with Crippen LogP contribution in [0.3, 0.4) is 0 Å². The Balaban J connectivity index is 1.51. The minimum absolute atomic E-state index is 0.447. The molecule has 3 rings (SSSR count). The van der Waals surface area contributed by atoms with Crippen molar-refractivity contribution in [3.8, 4) is 11.5 Å².